The maximum absolute atomic E-state index is 9.98. The molecular formula is C9H17NaO2. The molecule has 0 saturated carbocycles. The first kappa shape index (κ1) is 15.0. The van der Waals surface area contributed by atoms with Gasteiger partial charge in [0.2, 0.25) is 0 Å². The smallest absolute Gasteiger partial charge is 0.550 e. The van der Waals surface area contributed by atoms with Crippen molar-refractivity contribution in [2.24, 2.45) is 0 Å². The van der Waals surface area contributed by atoms with E-state index in [0.29, 0.717) is 0 Å². The number of hydrogen-bond donors (Lipinski definition) is 0. The molecule has 0 heterocycles. The van der Waals surface area contributed by atoms with E-state index in [4.69, 9.17) is 0 Å². The molecule has 0 radical (unpaired) electrons. The van der Waals surface area contributed by atoms with Crippen molar-refractivity contribution >= 4 is 5.97 Å². The van der Waals surface area contributed by atoms with Gasteiger partial charge in [-0.25, -0.2) is 0 Å². The Kier molecular flexibility index (Phi) is 14.3. The minimum atomic E-state index is -0.916. The first-order valence-electron chi connectivity index (χ1n) is 4.47. The summed E-state index contributed by atoms with van der Waals surface area (Å²) in [7, 11) is 0. The van der Waals surface area contributed by atoms with Crippen molar-refractivity contribution in [1.82, 2.24) is 0 Å². The number of carboxylic acid groups (broad SMARTS) is 1. The number of carbonyl (C=O) groups excluding carboxylic acids is 1. The molecule has 0 aromatic rings. The minimum absolute atomic E-state index is 0. The molecule has 0 aromatic carbocycles. The quantitative estimate of drug-likeness (QED) is 0.353. The third kappa shape index (κ3) is 13.1. The summed E-state index contributed by atoms with van der Waals surface area (Å²) in [6.45, 7) is 2.17. The first-order chi connectivity index (χ1) is 5.27. The van der Waals surface area contributed by atoms with Gasteiger partial charge in [-0.1, -0.05) is 39.0 Å². The second-order valence-corrected chi connectivity index (χ2v) is 2.89. The van der Waals surface area contributed by atoms with Crippen LogP contribution < -0.4 is 34.7 Å². The zero-order valence-electron chi connectivity index (χ0n) is 8.27. The molecule has 3 heteroatoms. The molecule has 0 N–H and O–H groups in total. The second-order valence-electron chi connectivity index (χ2n) is 2.89. The average Bonchev–Trinajstić information content (AvgIpc) is 1.96. The van der Waals surface area contributed by atoms with Gasteiger partial charge in [0.05, 0.1) is 0 Å². The van der Waals surface area contributed by atoms with Crippen LogP contribution in [0.4, 0.5) is 0 Å². The van der Waals surface area contributed by atoms with Crippen LogP contribution in [0.2, 0.25) is 0 Å². The Hall–Kier alpha value is 0.470. The Morgan fingerprint density at radius 2 is 1.58 bits per heavy atom. The predicted molar refractivity (Wildman–Crippen MR) is 43.0 cm³/mol. The molecular weight excluding hydrogens is 163 g/mol. The Morgan fingerprint density at radius 1 is 1.08 bits per heavy atom. The van der Waals surface area contributed by atoms with Gasteiger partial charge in [-0.15, -0.1) is 0 Å². The van der Waals surface area contributed by atoms with Crippen LogP contribution >= 0.6 is 0 Å². The van der Waals surface area contributed by atoms with Crippen LogP contribution in [0.1, 0.15) is 51.9 Å². The topological polar surface area (TPSA) is 40.1 Å². The van der Waals surface area contributed by atoms with Gasteiger partial charge < -0.3 is 9.90 Å². The van der Waals surface area contributed by atoms with E-state index in [1.165, 1.54) is 25.7 Å². The van der Waals surface area contributed by atoms with Crippen LogP contribution in [0.5, 0.6) is 0 Å². The van der Waals surface area contributed by atoms with E-state index < -0.39 is 5.97 Å². The van der Waals surface area contributed by atoms with Crippen molar-refractivity contribution in [3.05, 3.63) is 0 Å². The van der Waals surface area contributed by atoms with Gasteiger partial charge in [-0.05, 0) is 12.8 Å². The molecule has 0 bridgehead atoms. The van der Waals surface area contributed by atoms with Crippen LogP contribution in [0.15, 0.2) is 0 Å². The Bertz CT molecular complexity index is 105. The molecule has 0 spiro atoms. The summed E-state index contributed by atoms with van der Waals surface area (Å²) >= 11 is 0. The van der Waals surface area contributed by atoms with Crippen molar-refractivity contribution in [3.63, 3.8) is 0 Å². The predicted octanol–water partition coefficient (Wildman–Crippen LogP) is -1.51. The van der Waals surface area contributed by atoms with E-state index in [9.17, 15) is 9.90 Å². The van der Waals surface area contributed by atoms with E-state index in [1.807, 2.05) is 0 Å². The number of unbranched alkanes of at least 4 members (excludes halogenated alkanes) is 5. The molecule has 66 valence electrons. The van der Waals surface area contributed by atoms with E-state index in [2.05, 4.69) is 6.92 Å². The molecule has 0 atom stereocenters. The summed E-state index contributed by atoms with van der Waals surface area (Å²) in [4.78, 5) is 9.98. The Morgan fingerprint density at radius 3 is 2.08 bits per heavy atom. The van der Waals surface area contributed by atoms with E-state index in [0.717, 1.165) is 12.8 Å². The minimum Gasteiger partial charge on any atom is -0.550 e. The van der Waals surface area contributed by atoms with Crippen molar-refractivity contribution in [3.8, 4) is 0 Å². The third-order valence-corrected chi connectivity index (χ3v) is 1.73. The fraction of sp³-hybridized carbons (Fsp3) is 0.889. The molecule has 0 amide bonds. The van der Waals surface area contributed by atoms with Crippen LogP contribution in [0, 0.1) is 0 Å². The number of hydrogen-bond acceptors (Lipinski definition) is 2. The molecule has 0 fully saturated rings. The summed E-state index contributed by atoms with van der Waals surface area (Å²) in [5.74, 6) is -0.916. The molecule has 0 rings (SSSR count). The Labute approximate surface area is 97.0 Å². The maximum Gasteiger partial charge on any atom is 1.00 e. The number of rotatable bonds is 7. The van der Waals surface area contributed by atoms with Gasteiger partial charge in [0, 0.05) is 5.97 Å². The number of carbonyl (C=O) groups is 1. The molecule has 0 aliphatic carbocycles. The largest absolute Gasteiger partial charge is 1.00 e. The summed E-state index contributed by atoms with van der Waals surface area (Å²) in [6.07, 6.45) is 6.96. The van der Waals surface area contributed by atoms with Gasteiger partial charge >= 0.3 is 29.6 Å². The summed E-state index contributed by atoms with van der Waals surface area (Å²) in [5, 5.41) is 9.98. The Balaban J connectivity index is 0. The molecule has 0 saturated heterocycles. The molecule has 0 aromatic heterocycles. The van der Waals surface area contributed by atoms with Gasteiger partial charge in [0.15, 0.2) is 0 Å². The average molecular weight is 180 g/mol. The van der Waals surface area contributed by atoms with Crippen molar-refractivity contribution in [1.29, 1.82) is 0 Å². The monoisotopic (exact) mass is 180 g/mol. The van der Waals surface area contributed by atoms with Gasteiger partial charge in [-0.2, -0.15) is 0 Å². The van der Waals surface area contributed by atoms with Crippen molar-refractivity contribution in [2.45, 2.75) is 51.9 Å². The molecule has 0 aliphatic rings. The van der Waals surface area contributed by atoms with E-state index >= 15 is 0 Å². The number of carboxylic acids is 1. The third-order valence-electron chi connectivity index (χ3n) is 1.73. The van der Waals surface area contributed by atoms with E-state index in [-0.39, 0.29) is 36.0 Å². The second kappa shape index (κ2) is 11.5. The molecule has 0 aliphatic heterocycles. The maximum atomic E-state index is 9.98. The van der Waals surface area contributed by atoms with Gasteiger partial charge in [0.25, 0.3) is 0 Å². The zero-order valence-corrected chi connectivity index (χ0v) is 10.3. The van der Waals surface area contributed by atoms with Gasteiger partial charge in [-0.3, -0.25) is 0 Å². The SMILES string of the molecule is CCCCCCCCC(=O)[O-].[Na+]. The van der Waals surface area contributed by atoms with Crippen LogP contribution in [-0.2, 0) is 4.79 Å². The van der Waals surface area contributed by atoms with Crippen LogP contribution in [0.3, 0.4) is 0 Å². The molecule has 12 heavy (non-hydrogen) atoms. The summed E-state index contributed by atoms with van der Waals surface area (Å²) in [6, 6.07) is 0. The fourth-order valence-corrected chi connectivity index (χ4v) is 1.05. The summed E-state index contributed by atoms with van der Waals surface area (Å²) in [5.41, 5.74) is 0. The zero-order chi connectivity index (χ0) is 8.53. The molecule has 2 nitrogen and oxygen atoms in total. The summed E-state index contributed by atoms with van der Waals surface area (Å²) < 4.78 is 0. The van der Waals surface area contributed by atoms with Crippen LogP contribution in [0.25, 0.3) is 0 Å². The number of aliphatic carboxylic acids is 1. The van der Waals surface area contributed by atoms with E-state index in [1.54, 1.807) is 0 Å². The van der Waals surface area contributed by atoms with Gasteiger partial charge in [0.1, 0.15) is 0 Å². The van der Waals surface area contributed by atoms with Crippen molar-refractivity contribution < 1.29 is 39.5 Å². The normalized spacial score (nSPS) is 9.08. The van der Waals surface area contributed by atoms with Crippen LogP contribution in [-0.4, -0.2) is 5.97 Å². The molecule has 0 unspecified atom stereocenters. The standard InChI is InChI=1S/C9H18O2.Na/c1-2-3-4-5-6-7-8-9(10)11;/h2-8H2,1H3,(H,10,11);/q;+1/p-1. The van der Waals surface area contributed by atoms with Crippen molar-refractivity contribution in [2.75, 3.05) is 0 Å². The first-order valence-corrected chi connectivity index (χ1v) is 4.47. The fourth-order valence-electron chi connectivity index (χ4n) is 1.05.